The molecule has 0 atom stereocenters. The number of nitrogens with two attached hydrogens (primary N) is 1. The summed E-state index contributed by atoms with van der Waals surface area (Å²) in [6.07, 6.45) is 0. The van der Waals surface area contributed by atoms with E-state index in [-0.39, 0.29) is 12.5 Å². The van der Waals surface area contributed by atoms with Crippen molar-refractivity contribution in [2.75, 3.05) is 12.3 Å². The Hall–Kier alpha value is -1.73. The number of carbonyl (C=O) groups excluding carboxylic acids is 1. The zero-order chi connectivity index (χ0) is 15.1. The first-order valence-corrected chi connectivity index (χ1v) is 7.05. The van der Waals surface area contributed by atoms with Gasteiger partial charge < -0.3 is 16.2 Å². The lowest BCUT2D eigenvalue weighted by molar-refractivity contribution is 0.0696. The van der Waals surface area contributed by atoms with Crippen molar-refractivity contribution in [1.82, 2.24) is 15.5 Å². The standard InChI is InChI=1S/C13H18N4O2S/c1-6-7(2)16-17-12-8(6)9(14)10(20-12)11(18)15-5-13(3,4)19/h19H,5,14H2,1-4H3,(H,15,18). The Bertz CT molecular complexity index is 673. The van der Waals surface area contributed by atoms with Gasteiger partial charge in [-0.15, -0.1) is 16.4 Å². The molecule has 0 aliphatic heterocycles. The lowest BCUT2D eigenvalue weighted by Gasteiger charge is -2.17. The van der Waals surface area contributed by atoms with E-state index in [4.69, 9.17) is 5.73 Å². The van der Waals surface area contributed by atoms with Crippen molar-refractivity contribution in [3.8, 4) is 0 Å². The summed E-state index contributed by atoms with van der Waals surface area (Å²) in [7, 11) is 0. The van der Waals surface area contributed by atoms with Gasteiger partial charge in [-0.25, -0.2) is 0 Å². The number of hydrogen-bond acceptors (Lipinski definition) is 6. The second-order valence-electron chi connectivity index (χ2n) is 5.43. The number of rotatable bonds is 3. The van der Waals surface area contributed by atoms with Crippen LogP contribution in [0.5, 0.6) is 0 Å². The van der Waals surface area contributed by atoms with Crippen molar-refractivity contribution in [2.24, 2.45) is 0 Å². The lowest BCUT2D eigenvalue weighted by Crippen LogP contribution is -2.38. The van der Waals surface area contributed by atoms with Gasteiger partial charge in [0.05, 0.1) is 17.0 Å². The van der Waals surface area contributed by atoms with Crippen LogP contribution in [0, 0.1) is 13.8 Å². The molecule has 1 amide bonds. The molecule has 0 fully saturated rings. The van der Waals surface area contributed by atoms with Gasteiger partial charge in [-0.1, -0.05) is 0 Å². The zero-order valence-electron chi connectivity index (χ0n) is 11.9. The molecular formula is C13H18N4O2S. The zero-order valence-corrected chi connectivity index (χ0v) is 12.8. The number of fused-ring (bicyclic) bond motifs is 1. The highest BCUT2D eigenvalue weighted by Gasteiger charge is 2.21. The van der Waals surface area contributed by atoms with Crippen LogP contribution in [0.2, 0.25) is 0 Å². The molecule has 6 nitrogen and oxygen atoms in total. The molecule has 0 spiro atoms. The van der Waals surface area contributed by atoms with Crippen LogP contribution in [0.3, 0.4) is 0 Å². The van der Waals surface area contributed by atoms with E-state index in [9.17, 15) is 9.90 Å². The molecule has 2 aromatic heterocycles. The third kappa shape index (κ3) is 2.73. The minimum Gasteiger partial charge on any atom is -0.397 e. The molecule has 0 saturated heterocycles. The number of hydrogen-bond donors (Lipinski definition) is 3. The predicted octanol–water partition coefficient (Wildman–Crippen LogP) is 1.39. The van der Waals surface area contributed by atoms with Crippen LogP contribution >= 0.6 is 11.3 Å². The van der Waals surface area contributed by atoms with Gasteiger partial charge in [0, 0.05) is 11.9 Å². The molecule has 7 heteroatoms. The molecule has 108 valence electrons. The fourth-order valence-electron chi connectivity index (χ4n) is 1.79. The minimum atomic E-state index is -0.965. The van der Waals surface area contributed by atoms with Crippen LogP contribution in [0.1, 0.15) is 34.8 Å². The van der Waals surface area contributed by atoms with Gasteiger partial charge in [0.15, 0.2) is 0 Å². The van der Waals surface area contributed by atoms with Crippen molar-refractivity contribution in [2.45, 2.75) is 33.3 Å². The van der Waals surface area contributed by atoms with Crippen molar-refractivity contribution in [3.63, 3.8) is 0 Å². The van der Waals surface area contributed by atoms with Gasteiger partial charge in [-0.3, -0.25) is 4.79 Å². The molecule has 2 heterocycles. The third-order valence-corrected chi connectivity index (χ3v) is 4.11. The molecule has 0 radical (unpaired) electrons. The van der Waals surface area contributed by atoms with Crippen LogP contribution in [-0.4, -0.2) is 33.4 Å². The summed E-state index contributed by atoms with van der Waals surface area (Å²) in [6, 6.07) is 0. The Morgan fingerprint density at radius 2 is 2.05 bits per heavy atom. The Morgan fingerprint density at radius 1 is 1.40 bits per heavy atom. The largest absolute Gasteiger partial charge is 0.397 e. The van der Waals surface area contributed by atoms with Crippen LogP contribution in [0.4, 0.5) is 5.69 Å². The number of amides is 1. The van der Waals surface area contributed by atoms with E-state index in [1.807, 2.05) is 13.8 Å². The van der Waals surface area contributed by atoms with Crippen LogP contribution in [0.25, 0.3) is 10.2 Å². The predicted molar refractivity (Wildman–Crippen MR) is 79.9 cm³/mol. The first kappa shape index (κ1) is 14.7. The molecule has 2 rings (SSSR count). The van der Waals surface area contributed by atoms with E-state index in [0.717, 1.165) is 16.6 Å². The number of aryl methyl sites for hydroxylation is 2. The maximum Gasteiger partial charge on any atom is 0.263 e. The van der Waals surface area contributed by atoms with Crippen molar-refractivity contribution >= 4 is 33.1 Å². The number of aromatic nitrogens is 2. The number of thiophene rings is 1. The summed E-state index contributed by atoms with van der Waals surface area (Å²) in [5.41, 5.74) is 7.26. The summed E-state index contributed by atoms with van der Waals surface area (Å²) in [5.74, 6) is -0.301. The highest BCUT2D eigenvalue weighted by atomic mass is 32.1. The Kier molecular flexibility index (Phi) is 3.66. The molecule has 0 aliphatic rings. The van der Waals surface area contributed by atoms with Gasteiger partial charge in [0.1, 0.15) is 9.71 Å². The number of anilines is 1. The van der Waals surface area contributed by atoms with E-state index in [1.54, 1.807) is 13.8 Å². The Morgan fingerprint density at radius 3 is 2.65 bits per heavy atom. The Balaban J connectivity index is 2.39. The normalized spacial score (nSPS) is 11.8. The summed E-state index contributed by atoms with van der Waals surface area (Å²) in [6.45, 7) is 7.17. The van der Waals surface area contributed by atoms with Crippen molar-refractivity contribution in [3.05, 3.63) is 16.1 Å². The van der Waals surface area contributed by atoms with Crippen LogP contribution < -0.4 is 11.1 Å². The molecule has 2 aromatic rings. The first-order chi connectivity index (χ1) is 9.20. The number of nitrogens with one attached hydrogen (secondary N) is 1. The molecule has 4 N–H and O–H groups in total. The number of aliphatic hydroxyl groups is 1. The summed E-state index contributed by atoms with van der Waals surface area (Å²) in [4.78, 5) is 13.2. The van der Waals surface area contributed by atoms with E-state index in [1.165, 1.54) is 11.3 Å². The molecule has 0 unspecified atom stereocenters. The third-order valence-electron chi connectivity index (χ3n) is 3.02. The summed E-state index contributed by atoms with van der Waals surface area (Å²) >= 11 is 1.21. The maximum atomic E-state index is 12.1. The number of nitrogen functional groups attached to an aromatic ring is 1. The lowest BCUT2D eigenvalue weighted by atomic mass is 10.1. The van der Waals surface area contributed by atoms with Gasteiger partial charge in [0.2, 0.25) is 0 Å². The van der Waals surface area contributed by atoms with E-state index < -0.39 is 5.60 Å². The summed E-state index contributed by atoms with van der Waals surface area (Å²) < 4.78 is 0. The van der Waals surface area contributed by atoms with Crippen molar-refractivity contribution in [1.29, 1.82) is 0 Å². The SMILES string of the molecule is Cc1nnc2sc(C(=O)NCC(C)(C)O)c(N)c2c1C. The van der Waals surface area contributed by atoms with Gasteiger partial charge in [-0.05, 0) is 33.3 Å². The van der Waals surface area contributed by atoms with E-state index in [2.05, 4.69) is 15.5 Å². The van der Waals surface area contributed by atoms with Crippen LogP contribution in [-0.2, 0) is 0 Å². The second kappa shape index (κ2) is 4.99. The monoisotopic (exact) mass is 294 g/mol. The smallest absolute Gasteiger partial charge is 0.263 e. The number of carbonyl (C=O) groups is 1. The fourth-order valence-corrected chi connectivity index (χ4v) is 2.80. The van der Waals surface area contributed by atoms with E-state index >= 15 is 0 Å². The molecule has 0 saturated carbocycles. The highest BCUT2D eigenvalue weighted by Crippen LogP contribution is 2.34. The summed E-state index contributed by atoms with van der Waals surface area (Å²) in [5, 5.41) is 21.2. The molecule has 0 aliphatic carbocycles. The van der Waals surface area contributed by atoms with Crippen LogP contribution in [0.15, 0.2) is 0 Å². The molecule has 0 aromatic carbocycles. The average Bonchev–Trinajstić information content (AvgIpc) is 2.68. The molecule has 20 heavy (non-hydrogen) atoms. The maximum absolute atomic E-state index is 12.1. The average molecular weight is 294 g/mol. The fraction of sp³-hybridized carbons (Fsp3) is 0.462. The van der Waals surface area contributed by atoms with Gasteiger partial charge in [-0.2, -0.15) is 5.10 Å². The van der Waals surface area contributed by atoms with Crippen molar-refractivity contribution < 1.29 is 9.90 Å². The van der Waals surface area contributed by atoms with Gasteiger partial charge >= 0.3 is 0 Å². The Labute approximate surface area is 121 Å². The number of nitrogens with zero attached hydrogens (tertiary/aromatic N) is 2. The van der Waals surface area contributed by atoms with Gasteiger partial charge in [0.25, 0.3) is 5.91 Å². The quantitative estimate of drug-likeness (QED) is 0.794. The highest BCUT2D eigenvalue weighted by molar-refractivity contribution is 7.21. The first-order valence-electron chi connectivity index (χ1n) is 6.23. The topological polar surface area (TPSA) is 101 Å². The minimum absolute atomic E-state index is 0.156. The second-order valence-corrected chi connectivity index (χ2v) is 6.43. The van der Waals surface area contributed by atoms with E-state index in [0.29, 0.717) is 15.4 Å². The molecule has 0 bridgehead atoms. The molecular weight excluding hydrogens is 276 g/mol.